The molecule has 0 fully saturated rings. The fourth-order valence-corrected chi connectivity index (χ4v) is 2.20. The van der Waals surface area contributed by atoms with Crippen molar-refractivity contribution in [2.75, 3.05) is 10.6 Å². The van der Waals surface area contributed by atoms with Gasteiger partial charge < -0.3 is 10.6 Å². The van der Waals surface area contributed by atoms with Gasteiger partial charge in [-0.1, -0.05) is 37.3 Å². The largest absolute Gasteiger partial charge is 0.360 e. The number of rotatable bonds is 6. The highest BCUT2D eigenvalue weighted by Gasteiger charge is 2.17. The molecule has 0 bridgehead atoms. The number of nitriles is 1. The molecule has 7 nitrogen and oxygen atoms in total. The number of carbonyl (C=O) groups excluding carboxylic acids is 1. The van der Waals surface area contributed by atoms with Crippen molar-refractivity contribution in [3.8, 4) is 6.07 Å². The van der Waals surface area contributed by atoms with Gasteiger partial charge in [-0.25, -0.2) is 0 Å². The van der Waals surface area contributed by atoms with Crippen LogP contribution < -0.4 is 10.6 Å². The number of amides is 1. The van der Waals surface area contributed by atoms with Crippen LogP contribution in [0.25, 0.3) is 0 Å². The summed E-state index contributed by atoms with van der Waals surface area (Å²) in [7, 11) is 0. The Balaban J connectivity index is 2.19. The lowest BCUT2D eigenvalue weighted by Gasteiger charge is -2.08. The summed E-state index contributed by atoms with van der Waals surface area (Å²) in [6, 6.07) is 15.1. The highest BCUT2D eigenvalue weighted by Crippen LogP contribution is 2.23. The highest BCUT2D eigenvalue weighted by atomic mass is 16.6. The normalized spacial score (nSPS) is 10.6. The molecule has 2 aromatic rings. The molecule has 0 aliphatic rings. The van der Waals surface area contributed by atoms with Gasteiger partial charge in [-0.2, -0.15) is 5.26 Å². The Kier molecular flexibility index (Phi) is 5.85. The number of anilines is 2. The van der Waals surface area contributed by atoms with Crippen LogP contribution in [0, 0.1) is 21.4 Å². The zero-order valence-corrected chi connectivity index (χ0v) is 13.5. The molecule has 2 aromatic carbocycles. The first-order valence-electron chi connectivity index (χ1n) is 7.56. The molecule has 0 aliphatic carbocycles. The number of nitro benzene ring substituents is 1. The van der Waals surface area contributed by atoms with Gasteiger partial charge in [0.1, 0.15) is 17.3 Å². The number of benzene rings is 2. The van der Waals surface area contributed by atoms with Gasteiger partial charge in [0, 0.05) is 18.0 Å². The van der Waals surface area contributed by atoms with Crippen LogP contribution in [0.1, 0.15) is 12.5 Å². The third-order valence-electron chi connectivity index (χ3n) is 3.48. The molecule has 0 aromatic heterocycles. The molecule has 0 aliphatic heterocycles. The minimum absolute atomic E-state index is 0.0348. The smallest absolute Gasteiger partial charge is 0.292 e. The molecule has 126 valence electrons. The Morgan fingerprint density at radius 2 is 1.84 bits per heavy atom. The molecule has 0 radical (unpaired) electrons. The van der Waals surface area contributed by atoms with Crippen molar-refractivity contribution in [2.45, 2.75) is 13.3 Å². The summed E-state index contributed by atoms with van der Waals surface area (Å²) in [5.41, 5.74) is 1.43. The molecule has 2 N–H and O–H groups in total. The Morgan fingerprint density at radius 1 is 1.20 bits per heavy atom. The molecule has 0 saturated carbocycles. The molecule has 7 heteroatoms. The minimum Gasteiger partial charge on any atom is -0.360 e. The van der Waals surface area contributed by atoms with Crippen LogP contribution in [0.3, 0.4) is 0 Å². The van der Waals surface area contributed by atoms with Crippen LogP contribution >= 0.6 is 0 Å². The first kappa shape index (κ1) is 17.7. The summed E-state index contributed by atoms with van der Waals surface area (Å²) in [5.74, 6) is -0.724. The average Bonchev–Trinajstić information content (AvgIpc) is 2.62. The van der Waals surface area contributed by atoms with Gasteiger partial charge in [-0.15, -0.1) is 0 Å². The lowest BCUT2D eigenvalue weighted by molar-refractivity contribution is -0.383. The third-order valence-corrected chi connectivity index (χ3v) is 3.48. The number of nitrogens with one attached hydrogen (secondary N) is 2. The van der Waals surface area contributed by atoms with Crippen LogP contribution in [0.15, 0.2) is 60.3 Å². The van der Waals surface area contributed by atoms with Crippen LogP contribution in [0.5, 0.6) is 0 Å². The summed E-state index contributed by atoms with van der Waals surface area (Å²) >= 11 is 0. The first-order valence-corrected chi connectivity index (χ1v) is 7.56. The number of hydrogen-bond acceptors (Lipinski definition) is 5. The van der Waals surface area contributed by atoms with E-state index in [9.17, 15) is 20.2 Å². The zero-order chi connectivity index (χ0) is 18.2. The minimum atomic E-state index is -0.724. The summed E-state index contributed by atoms with van der Waals surface area (Å²) in [6.07, 6.45) is 2.08. The van der Waals surface area contributed by atoms with E-state index in [1.807, 2.05) is 31.2 Å². The van der Waals surface area contributed by atoms with E-state index < -0.39 is 10.8 Å². The number of hydrogen-bond donors (Lipinski definition) is 2. The van der Waals surface area contributed by atoms with Gasteiger partial charge in [-0.3, -0.25) is 14.9 Å². The van der Waals surface area contributed by atoms with Gasteiger partial charge in [0.05, 0.1) is 4.92 Å². The quantitative estimate of drug-likeness (QED) is 0.362. The topological polar surface area (TPSA) is 108 Å². The van der Waals surface area contributed by atoms with Gasteiger partial charge in [0.25, 0.3) is 11.6 Å². The van der Waals surface area contributed by atoms with Crippen molar-refractivity contribution in [3.63, 3.8) is 0 Å². The van der Waals surface area contributed by atoms with Crippen molar-refractivity contribution in [1.29, 1.82) is 5.26 Å². The molecule has 0 unspecified atom stereocenters. The van der Waals surface area contributed by atoms with Crippen molar-refractivity contribution < 1.29 is 9.72 Å². The lowest BCUT2D eigenvalue weighted by atomic mass is 10.1. The van der Waals surface area contributed by atoms with E-state index >= 15 is 0 Å². The SMILES string of the molecule is CCc1ccccc1N/C=C(/C#N)C(=O)Nc1ccccc1[N+](=O)[O-]. The second kappa shape index (κ2) is 8.26. The lowest BCUT2D eigenvalue weighted by Crippen LogP contribution is -2.15. The molecular formula is C18H16N4O3. The van der Waals surface area contributed by atoms with Crippen molar-refractivity contribution in [3.05, 3.63) is 76.0 Å². The number of para-hydroxylation sites is 3. The Bertz CT molecular complexity index is 869. The monoisotopic (exact) mass is 336 g/mol. The second-order valence-corrected chi connectivity index (χ2v) is 5.05. The standard InChI is InChI=1S/C18H16N4O3/c1-2-13-7-3-4-8-15(13)20-12-14(11-19)18(23)21-16-9-5-6-10-17(16)22(24)25/h3-10,12,20H,2H2,1H3,(H,21,23)/b14-12-. The maximum atomic E-state index is 12.2. The van der Waals surface area contributed by atoms with Crippen LogP contribution in [0.2, 0.25) is 0 Å². The average molecular weight is 336 g/mol. The Labute approximate surface area is 144 Å². The molecule has 0 spiro atoms. The predicted octanol–water partition coefficient (Wildman–Crippen LogP) is 3.62. The number of nitro groups is 1. The van der Waals surface area contributed by atoms with Gasteiger partial charge in [-0.05, 0) is 24.1 Å². The fourth-order valence-electron chi connectivity index (χ4n) is 2.20. The summed E-state index contributed by atoms with van der Waals surface area (Å²) < 4.78 is 0. The molecule has 0 saturated heterocycles. The van der Waals surface area contributed by atoms with E-state index in [4.69, 9.17) is 0 Å². The third kappa shape index (κ3) is 4.42. The molecule has 25 heavy (non-hydrogen) atoms. The maximum Gasteiger partial charge on any atom is 0.292 e. The van der Waals surface area contributed by atoms with E-state index in [1.54, 1.807) is 12.1 Å². The predicted molar refractivity (Wildman–Crippen MR) is 94.9 cm³/mol. The molecule has 1 amide bonds. The van der Waals surface area contributed by atoms with Crippen molar-refractivity contribution in [1.82, 2.24) is 0 Å². The van der Waals surface area contributed by atoms with E-state index in [0.29, 0.717) is 0 Å². The fraction of sp³-hybridized carbons (Fsp3) is 0.111. The maximum absolute atomic E-state index is 12.2. The van der Waals surface area contributed by atoms with Gasteiger partial charge >= 0.3 is 0 Å². The molecule has 2 rings (SSSR count). The van der Waals surface area contributed by atoms with E-state index in [0.717, 1.165) is 17.7 Å². The molecular weight excluding hydrogens is 320 g/mol. The van der Waals surface area contributed by atoms with Crippen molar-refractivity contribution >= 4 is 23.0 Å². The van der Waals surface area contributed by atoms with Crippen LogP contribution in [0.4, 0.5) is 17.1 Å². The summed E-state index contributed by atoms with van der Waals surface area (Å²) in [4.78, 5) is 22.6. The van der Waals surface area contributed by atoms with Gasteiger partial charge in [0.15, 0.2) is 0 Å². The summed E-state index contributed by atoms with van der Waals surface area (Å²) in [5, 5.41) is 25.5. The summed E-state index contributed by atoms with van der Waals surface area (Å²) in [6.45, 7) is 2.00. The van der Waals surface area contributed by atoms with Crippen LogP contribution in [-0.4, -0.2) is 10.8 Å². The first-order chi connectivity index (χ1) is 12.1. The number of aryl methyl sites for hydroxylation is 1. The second-order valence-electron chi connectivity index (χ2n) is 5.05. The number of carbonyl (C=O) groups is 1. The van der Waals surface area contributed by atoms with E-state index in [1.165, 1.54) is 24.4 Å². The number of nitrogens with zero attached hydrogens (tertiary/aromatic N) is 2. The van der Waals surface area contributed by atoms with Crippen LogP contribution in [-0.2, 0) is 11.2 Å². The Morgan fingerprint density at radius 3 is 2.48 bits per heavy atom. The van der Waals surface area contributed by atoms with E-state index in [-0.39, 0.29) is 16.9 Å². The van der Waals surface area contributed by atoms with Gasteiger partial charge in [0.2, 0.25) is 0 Å². The molecule has 0 heterocycles. The van der Waals surface area contributed by atoms with E-state index in [2.05, 4.69) is 10.6 Å². The highest BCUT2D eigenvalue weighted by molar-refractivity contribution is 6.07. The Hall–Kier alpha value is -3.66. The zero-order valence-electron chi connectivity index (χ0n) is 13.5. The van der Waals surface area contributed by atoms with Crippen molar-refractivity contribution in [2.24, 2.45) is 0 Å². The molecule has 0 atom stereocenters.